The van der Waals surface area contributed by atoms with Crippen molar-refractivity contribution in [1.82, 2.24) is 0 Å². The van der Waals surface area contributed by atoms with Crippen molar-refractivity contribution in [3.8, 4) is 0 Å². The van der Waals surface area contributed by atoms with E-state index < -0.39 is 29.2 Å². The third-order valence-corrected chi connectivity index (χ3v) is 1.87. The number of hydrogen-bond donors (Lipinski definition) is 1. The van der Waals surface area contributed by atoms with Crippen molar-refractivity contribution in [3.63, 3.8) is 0 Å². The lowest BCUT2D eigenvalue weighted by Gasteiger charge is -2.37. The average Bonchev–Trinajstić information content (AvgIpc) is 1.95. The van der Waals surface area contributed by atoms with Crippen LogP contribution in [0.2, 0.25) is 0 Å². The lowest BCUT2D eigenvalue weighted by Crippen LogP contribution is -2.69. The Kier molecular flexibility index (Phi) is 3.69. The molecule has 0 aromatic rings. The van der Waals surface area contributed by atoms with Crippen molar-refractivity contribution in [2.45, 2.75) is 29.2 Å². The van der Waals surface area contributed by atoms with Crippen LogP contribution in [0.4, 0.5) is 48.3 Å². The highest BCUT2D eigenvalue weighted by Crippen LogP contribution is 2.59. The van der Waals surface area contributed by atoms with E-state index in [2.05, 4.69) is 0 Å². The van der Waals surface area contributed by atoms with Gasteiger partial charge in [-0.15, -0.1) is 0 Å². The Labute approximate surface area is 91.2 Å². The van der Waals surface area contributed by atoms with Gasteiger partial charge < -0.3 is 0 Å². The predicted octanol–water partition coefficient (Wildman–Crippen LogP) is 3.98. The molecule has 0 rings (SSSR count). The molecule has 0 atom stereocenters. The third-order valence-electron chi connectivity index (χ3n) is 1.59. The first-order chi connectivity index (χ1) is 7.00. The zero-order valence-corrected chi connectivity index (χ0v) is 8.00. The molecule has 0 N–H and O–H groups in total. The zero-order valence-electron chi connectivity index (χ0n) is 7.10. The van der Waals surface area contributed by atoms with Gasteiger partial charge in [-0.1, -0.05) is 12.6 Å². The van der Waals surface area contributed by atoms with Crippen LogP contribution in [0.25, 0.3) is 0 Å². The standard InChI is InChI=1S/C5HF11S/c6-1(3(9,10)11,4(12,13)14)2(7,8)5(15,16)17/h17H. The highest BCUT2D eigenvalue weighted by Gasteiger charge is 2.89. The first-order valence-corrected chi connectivity index (χ1v) is 3.75. The molecule has 17 heavy (non-hydrogen) atoms. The van der Waals surface area contributed by atoms with Gasteiger partial charge in [0.15, 0.2) is 0 Å². The zero-order chi connectivity index (χ0) is 14.5. The van der Waals surface area contributed by atoms with Gasteiger partial charge in [0.2, 0.25) is 0 Å². The molecule has 0 aliphatic rings. The van der Waals surface area contributed by atoms with Gasteiger partial charge in [0, 0.05) is 0 Å². The fourth-order valence-corrected chi connectivity index (χ4v) is 0.878. The second-order valence-corrected chi connectivity index (χ2v) is 3.33. The maximum absolute atomic E-state index is 12.6. The van der Waals surface area contributed by atoms with Crippen molar-refractivity contribution in [1.29, 1.82) is 0 Å². The average molecular weight is 302 g/mol. The molecule has 0 aromatic carbocycles. The summed E-state index contributed by atoms with van der Waals surface area (Å²) in [6.07, 6.45) is -14.6. The first kappa shape index (κ1) is 16.6. The highest BCUT2D eigenvalue weighted by atomic mass is 32.1. The molecule has 0 aliphatic heterocycles. The Balaban J connectivity index is 6.04. The van der Waals surface area contributed by atoms with Crippen molar-refractivity contribution in [2.75, 3.05) is 0 Å². The molecule has 0 radical (unpaired) electrons. The minimum absolute atomic E-state index is 1.57. The maximum Gasteiger partial charge on any atom is 0.438 e. The summed E-state index contributed by atoms with van der Waals surface area (Å²) in [5, 5.41) is -6.16. The summed E-state index contributed by atoms with van der Waals surface area (Å²) < 4.78 is 131. The fraction of sp³-hybridized carbons (Fsp3) is 1.00. The number of hydrogen-bond acceptors (Lipinski definition) is 1. The number of alkyl halides is 11. The molecule has 0 amide bonds. The van der Waals surface area contributed by atoms with Crippen molar-refractivity contribution < 1.29 is 48.3 Å². The van der Waals surface area contributed by atoms with E-state index in [0.29, 0.717) is 0 Å². The van der Waals surface area contributed by atoms with E-state index >= 15 is 0 Å². The van der Waals surface area contributed by atoms with Gasteiger partial charge in [-0.3, -0.25) is 0 Å². The van der Waals surface area contributed by atoms with Crippen LogP contribution in [0.1, 0.15) is 0 Å². The molecule has 0 fully saturated rings. The largest absolute Gasteiger partial charge is 0.438 e. The van der Waals surface area contributed by atoms with Crippen LogP contribution in [-0.2, 0) is 0 Å². The summed E-state index contributed by atoms with van der Waals surface area (Å²) in [4.78, 5) is 0. The molecule has 0 aliphatic carbocycles. The van der Waals surface area contributed by atoms with Gasteiger partial charge in [0.05, 0.1) is 0 Å². The Hall–Kier alpha value is -0.420. The Morgan fingerprint density at radius 3 is 0.824 bits per heavy atom. The van der Waals surface area contributed by atoms with E-state index in [0.717, 1.165) is 0 Å². The van der Waals surface area contributed by atoms with Gasteiger partial charge in [-0.2, -0.15) is 43.9 Å². The molecule has 0 heterocycles. The smallest absolute Gasteiger partial charge is 0.216 e. The van der Waals surface area contributed by atoms with E-state index in [1.54, 1.807) is 12.6 Å². The van der Waals surface area contributed by atoms with E-state index in [-0.39, 0.29) is 0 Å². The number of halogens is 11. The summed E-state index contributed by atoms with van der Waals surface area (Å²) in [5.74, 6) is -7.13. The molecule has 0 aromatic heterocycles. The van der Waals surface area contributed by atoms with Gasteiger partial charge >= 0.3 is 29.2 Å². The summed E-state index contributed by atoms with van der Waals surface area (Å²) in [6, 6.07) is 0. The molecule has 0 saturated carbocycles. The number of rotatable bonds is 2. The summed E-state index contributed by atoms with van der Waals surface area (Å²) in [7, 11) is 0. The minimum Gasteiger partial charge on any atom is -0.216 e. The van der Waals surface area contributed by atoms with Crippen LogP contribution in [0.5, 0.6) is 0 Å². The van der Waals surface area contributed by atoms with Crippen LogP contribution < -0.4 is 0 Å². The second kappa shape index (κ2) is 3.79. The Morgan fingerprint density at radius 1 is 0.529 bits per heavy atom. The minimum atomic E-state index is -7.40. The SMILES string of the molecule is FC(F)(F)C(F)(C(F)(F)F)C(F)(F)C(F)(F)S. The summed E-state index contributed by atoms with van der Waals surface area (Å²) in [6.45, 7) is 0. The lowest BCUT2D eigenvalue weighted by atomic mass is 9.96. The monoisotopic (exact) mass is 302 g/mol. The van der Waals surface area contributed by atoms with Gasteiger partial charge in [0.1, 0.15) is 0 Å². The predicted molar refractivity (Wildman–Crippen MR) is 34.8 cm³/mol. The first-order valence-electron chi connectivity index (χ1n) is 3.30. The summed E-state index contributed by atoms with van der Waals surface area (Å²) in [5.41, 5.74) is -7.40. The fourth-order valence-electron chi connectivity index (χ4n) is 0.724. The Morgan fingerprint density at radius 2 is 0.765 bits per heavy atom. The van der Waals surface area contributed by atoms with E-state index in [9.17, 15) is 48.3 Å². The molecular weight excluding hydrogens is 301 g/mol. The maximum atomic E-state index is 12.6. The molecule has 0 bridgehead atoms. The van der Waals surface area contributed by atoms with E-state index in [1.165, 1.54) is 0 Å². The van der Waals surface area contributed by atoms with Crippen LogP contribution in [0.15, 0.2) is 0 Å². The van der Waals surface area contributed by atoms with E-state index in [1.807, 2.05) is 0 Å². The van der Waals surface area contributed by atoms with Crippen molar-refractivity contribution >= 4 is 12.6 Å². The van der Waals surface area contributed by atoms with Crippen molar-refractivity contribution in [3.05, 3.63) is 0 Å². The second-order valence-electron chi connectivity index (χ2n) is 2.77. The molecule has 12 heteroatoms. The van der Waals surface area contributed by atoms with E-state index in [4.69, 9.17) is 0 Å². The molecule has 0 unspecified atom stereocenters. The van der Waals surface area contributed by atoms with Crippen LogP contribution in [-0.4, -0.2) is 29.2 Å². The van der Waals surface area contributed by atoms with Gasteiger partial charge in [-0.05, 0) is 0 Å². The molecule has 0 saturated heterocycles. The van der Waals surface area contributed by atoms with Gasteiger partial charge in [-0.25, -0.2) is 4.39 Å². The quantitative estimate of drug-likeness (QED) is 0.579. The topological polar surface area (TPSA) is 0 Å². The molecular formula is C5HF11S. The van der Waals surface area contributed by atoms with Crippen LogP contribution in [0.3, 0.4) is 0 Å². The highest BCUT2D eigenvalue weighted by molar-refractivity contribution is 7.81. The third kappa shape index (κ3) is 2.27. The molecule has 0 nitrogen and oxygen atoms in total. The van der Waals surface area contributed by atoms with Crippen LogP contribution >= 0.6 is 12.6 Å². The summed E-state index contributed by atoms with van der Waals surface area (Å²) >= 11 is 1.57. The van der Waals surface area contributed by atoms with Crippen LogP contribution in [0, 0.1) is 0 Å². The number of thiol groups is 1. The van der Waals surface area contributed by atoms with Crippen molar-refractivity contribution in [2.24, 2.45) is 0 Å². The normalized spacial score (nSPS) is 16.2. The Bertz CT molecular complexity index is 266. The molecule has 104 valence electrons. The molecule has 0 spiro atoms. The van der Waals surface area contributed by atoms with Gasteiger partial charge in [0.25, 0.3) is 0 Å². The lowest BCUT2D eigenvalue weighted by molar-refractivity contribution is -0.415.